The van der Waals surface area contributed by atoms with E-state index in [9.17, 15) is 25.5 Å². The molecule has 51 heavy (non-hydrogen) atoms. The molecule has 7 rings (SSSR count). The van der Waals surface area contributed by atoms with E-state index >= 15 is 0 Å². The van der Waals surface area contributed by atoms with Gasteiger partial charge in [0.15, 0.2) is 23.0 Å². The first-order valence-electron chi connectivity index (χ1n) is 18.1. The van der Waals surface area contributed by atoms with Crippen molar-refractivity contribution in [3.05, 3.63) is 70.2 Å². The summed E-state index contributed by atoms with van der Waals surface area (Å²) in [7, 11) is 3.25. The molecular weight excluding hydrogens is 712 g/mol. The minimum atomic E-state index is -0.969. The predicted molar refractivity (Wildman–Crippen MR) is 195 cm³/mol. The Morgan fingerprint density at radius 3 is 1.65 bits per heavy atom. The van der Waals surface area contributed by atoms with E-state index < -0.39 is 22.2 Å². The molecule has 2 N–H and O–H groups in total. The Hall–Kier alpha value is -3.99. The second-order valence-electron chi connectivity index (χ2n) is 14.8. The zero-order valence-corrected chi connectivity index (χ0v) is 31.0. The normalized spacial score (nSPS) is 30.0. The Morgan fingerprint density at radius 2 is 1.25 bits per heavy atom. The van der Waals surface area contributed by atoms with Crippen LogP contribution in [0, 0.1) is 34.0 Å². The molecule has 5 aliphatic rings. The van der Waals surface area contributed by atoms with Crippen LogP contribution in [0.15, 0.2) is 59.1 Å². The van der Waals surface area contributed by atoms with Gasteiger partial charge in [-0.2, -0.15) is 10.5 Å². The molecule has 0 radical (unpaired) electrons. The third kappa shape index (κ3) is 7.36. The molecule has 0 amide bonds. The number of nitriles is 2. The van der Waals surface area contributed by atoms with Crippen molar-refractivity contribution in [2.45, 2.75) is 113 Å². The number of hydrogen-bond acceptors (Lipinski definition) is 8. The average molecular weight is 760 g/mol. The van der Waals surface area contributed by atoms with E-state index in [1.807, 2.05) is 42.5 Å². The Bertz CT molecular complexity index is 1730. The summed E-state index contributed by atoms with van der Waals surface area (Å²) in [6.45, 7) is 0. The molecule has 1 unspecified atom stereocenters. The van der Waals surface area contributed by atoms with Crippen molar-refractivity contribution >= 4 is 21.9 Å². The van der Waals surface area contributed by atoms with Gasteiger partial charge >= 0.3 is 5.97 Å². The Kier molecular flexibility index (Phi) is 11.0. The molecule has 0 aliphatic heterocycles. The first-order chi connectivity index (χ1) is 24.6. The van der Waals surface area contributed by atoms with E-state index in [2.05, 4.69) is 28.1 Å². The smallest absolute Gasteiger partial charge is 0.314 e. The van der Waals surface area contributed by atoms with Crippen LogP contribution in [-0.4, -0.2) is 48.7 Å². The highest BCUT2D eigenvalue weighted by molar-refractivity contribution is 9.11. The molecule has 10 heteroatoms. The van der Waals surface area contributed by atoms with Gasteiger partial charge in [0, 0.05) is 0 Å². The van der Waals surface area contributed by atoms with Gasteiger partial charge in [0.1, 0.15) is 0 Å². The number of aliphatic carboxylic acids is 1. The van der Waals surface area contributed by atoms with Crippen molar-refractivity contribution in [2.24, 2.45) is 11.3 Å². The van der Waals surface area contributed by atoms with E-state index in [0.717, 1.165) is 47.0 Å². The zero-order valence-electron chi connectivity index (χ0n) is 29.4. The number of aliphatic hydroxyl groups is 1. The number of benzene rings is 2. The van der Waals surface area contributed by atoms with Gasteiger partial charge in [-0.15, -0.1) is 0 Å². The number of halogens is 1. The van der Waals surface area contributed by atoms with Crippen molar-refractivity contribution in [1.82, 2.24) is 0 Å². The highest BCUT2D eigenvalue weighted by Crippen LogP contribution is 2.58. The van der Waals surface area contributed by atoms with Crippen LogP contribution in [0.5, 0.6) is 23.0 Å². The van der Waals surface area contributed by atoms with Gasteiger partial charge in [-0.1, -0.05) is 46.3 Å². The van der Waals surface area contributed by atoms with E-state index in [1.54, 1.807) is 26.4 Å². The highest BCUT2D eigenvalue weighted by Gasteiger charge is 2.57. The number of ether oxygens (including phenoxy) is 4. The fourth-order valence-corrected chi connectivity index (χ4v) is 9.12. The number of aliphatic hydroxyl groups excluding tert-OH is 1. The molecule has 0 heterocycles. The van der Waals surface area contributed by atoms with E-state index in [-0.39, 0.29) is 24.2 Å². The second-order valence-corrected chi connectivity index (χ2v) is 15.8. The van der Waals surface area contributed by atoms with Crippen LogP contribution < -0.4 is 18.9 Å². The lowest BCUT2D eigenvalue weighted by atomic mass is 9.50. The molecule has 0 spiro atoms. The molecule has 4 saturated carbocycles. The standard InChI is InChI=1S/C24H26BrNO4.C17H21NO3/c1-29-20-9-8-16(11-21(20)30-19-6-2-3-7-19)23(15-26)12-17(13-23)24(22(27)28)10-4-5-18(25)14-24;1-20-15-7-6-12(17(11-18)9-13(19)10-17)8-16(15)21-14-4-2-3-5-14/h4-5,8-11,17,19H,2-3,6-7,12-14H2,1H3,(H,27,28);6-8,13-14,19H,2-5,9-10H2,1H3. The molecule has 0 saturated heterocycles. The van der Waals surface area contributed by atoms with Gasteiger partial charge in [-0.25, -0.2) is 0 Å². The third-order valence-electron chi connectivity index (χ3n) is 11.7. The van der Waals surface area contributed by atoms with Crippen molar-refractivity contribution in [1.29, 1.82) is 10.5 Å². The third-order valence-corrected chi connectivity index (χ3v) is 12.2. The SMILES string of the molecule is COc1ccc(C2(C#N)CC(C3(C(=O)O)C=CC=C(Br)C3)C2)cc1OC1CCCC1.COc1ccc(C2(C#N)CC(O)C2)cc1OC1CCCC1. The van der Waals surface area contributed by atoms with Gasteiger partial charge < -0.3 is 29.2 Å². The Balaban J connectivity index is 0.000000187. The van der Waals surface area contributed by atoms with Gasteiger partial charge in [0.2, 0.25) is 0 Å². The van der Waals surface area contributed by atoms with E-state index in [4.69, 9.17) is 18.9 Å². The second kappa shape index (κ2) is 15.3. The molecule has 0 bridgehead atoms. The number of carboxylic acids is 1. The lowest BCUT2D eigenvalue weighted by Gasteiger charge is -2.50. The predicted octanol–water partition coefficient (Wildman–Crippen LogP) is 8.43. The minimum absolute atomic E-state index is 0.103. The molecule has 2 aromatic carbocycles. The van der Waals surface area contributed by atoms with Gasteiger partial charge in [-0.05, 0) is 129 Å². The molecule has 4 fully saturated rings. The van der Waals surface area contributed by atoms with Crippen LogP contribution in [0.25, 0.3) is 0 Å². The number of allylic oxidation sites excluding steroid dienone is 3. The summed E-state index contributed by atoms with van der Waals surface area (Å²) in [5.74, 6) is 1.84. The highest BCUT2D eigenvalue weighted by atomic mass is 79.9. The number of nitrogens with zero attached hydrogens (tertiary/aromatic N) is 2. The quantitative estimate of drug-likeness (QED) is 0.244. The first kappa shape index (κ1) is 36.8. The van der Waals surface area contributed by atoms with Crippen LogP contribution in [0.1, 0.15) is 94.6 Å². The van der Waals surface area contributed by atoms with Crippen molar-refractivity contribution in [3.8, 4) is 35.1 Å². The summed E-state index contributed by atoms with van der Waals surface area (Å²) in [5.41, 5.74) is -0.438. The summed E-state index contributed by atoms with van der Waals surface area (Å²) in [4.78, 5) is 12.2. The first-order valence-corrected chi connectivity index (χ1v) is 18.9. The summed E-state index contributed by atoms with van der Waals surface area (Å²) in [5, 5.41) is 39.1. The fourth-order valence-electron chi connectivity index (χ4n) is 8.50. The maximum atomic E-state index is 12.2. The van der Waals surface area contributed by atoms with Gasteiger partial charge in [-0.3, -0.25) is 4.79 Å². The topological polar surface area (TPSA) is 142 Å². The molecule has 0 aromatic heterocycles. The molecule has 9 nitrogen and oxygen atoms in total. The number of rotatable bonds is 10. The molecule has 5 aliphatic carbocycles. The van der Waals surface area contributed by atoms with Crippen molar-refractivity contribution in [2.75, 3.05) is 14.2 Å². The molecular formula is C41H47BrN2O7. The summed E-state index contributed by atoms with van der Waals surface area (Å²) in [6, 6.07) is 16.3. The summed E-state index contributed by atoms with van der Waals surface area (Å²) < 4.78 is 24.0. The molecule has 2 aromatic rings. The number of carbonyl (C=O) groups is 1. The van der Waals surface area contributed by atoms with E-state index in [1.165, 1.54) is 25.7 Å². The maximum Gasteiger partial charge on any atom is 0.314 e. The zero-order chi connectivity index (χ0) is 36.2. The van der Waals surface area contributed by atoms with Crippen LogP contribution in [0.4, 0.5) is 0 Å². The van der Waals surface area contributed by atoms with Gasteiger partial charge in [0.05, 0.1) is 60.9 Å². The maximum absolute atomic E-state index is 12.2. The average Bonchev–Trinajstić information content (AvgIpc) is 3.82. The molecule has 270 valence electrons. The number of methoxy groups -OCH3 is 2. The van der Waals surface area contributed by atoms with Crippen molar-refractivity contribution in [3.63, 3.8) is 0 Å². The lowest BCUT2D eigenvalue weighted by Crippen LogP contribution is -2.51. The van der Waals surface area contributed by atoms with Crippen LogP contribution in [0.2, 0.25) is 0 Å². The van der Waals surface area contributed by atoms with Crippen LogP contribution >= 0.6 is 15.9 Å². The number of hydrogen-bond donors (Lipinski definition) is 2. The lowest BCUT2D eigenvalue weighted by molar-refractivity contribution is -0.152. The Labute approximate surface area is 309 Å². The minimum Gasteiger partial charge on any atom is -0.493 e. The molecule has 1 atom stereocenters. The fraction of sp³-hybridized carbons (Fsp3) is 0.537. The monoisotopic (exact) mass is 758 g/mol. The Morgan fingerprint density at radius 1 is 0.784 bits per heavy atom. The van der Waals surface area contributed by atoms with Crippen LogP contribution in [-0.2, 0) is 15.6 Å². The number of carboxylic acid groups (broad SMARTS) is 1. The van der Waals surface area contributed by atoms with Gasteiger partial charge in [0.25, 0.3) is 0 Å². The van der Waals surface area contributed by atoms with E-state index in [0.29, 0.717) is 49.4 Å². The summed E-state index contributed by atoms with van der Waals surface area (Å²) in [6.07, 6.45) is 17.0. The largest absolute Gasteiger partial charge is 0.493 e. The van der Waals surface area contributed by atoms with Crippen LogP contribution in [0.3, 0.4) is 0 Å². The summed E-state index contributed by atoms with van der Waals surface area (Å²) >= 11 is 3.46. The van der Waals surface area contributed by atoms with Crippen molar-refractivity contribution < 1.29 is 34.0 Å².